The number of para-hydroxylation sites is 1. The Labute approximate surface area is 204 Å². The molecule has 0 aliphatic rings. The van der Waals surface area contributed by atoms with Crippen LogP contribution in [0.5, 0.6) is 5.75 Å². The second kappa shape index (κ2) is 10.7. The Kier molecular flexibility index (Phi) is 7.26. The average molecular weight is 470 g/mol. The lowest BCUT2D eigenvalue weighted by Gasteiger charge is -2.15. The molecule has 3 aromatic carbocycles. The first-order valence-electron chi connectivity index (χ1n) is 11.4. The molecule has 0 spiro atoms. The van der Waals surface area contributed by atoms with Crippen molar-refractivity contribution in [3.8, 4) is 22.7 Å². The zero-order chi connectivity index (χ0) is 24.8. The molecular weight excluding hydrogens is 442 g/mol. The number of rotatable bonds is 8. The van der Waals surface area contributed by atoms with Crippen LogP contribution in [-0.2, 0) is 9.53 Å². The van der Waals surface area contributed by atoms with Crippen molar-refractivity contribution in [2.24, 2.45) is 0 Å². The minimum atomic E-state index is -0.686. The third-order valence-corrected chi connectivity index (χ3v) is 5.29. The molecule has 0 fully saturated rings. The highest BCUT2D eigenvalue weighted by Crippen LogP contribution is 2.27. The second-order valence-electron chi connectivity index (χ2n) is 8.03. The van der Waals surface area contributed by atoms with Gasteiger partial charge in [-0.2, -0.15) is 5.10 Å². The molecule has 0 aliphatic heterocycles. The molecule has 0 bridgehead atoms. The molecule has 7 nitrogen and oxygen atoms in total. The fraction of sp³-hybridized carbons (Fsp3) is 0.179. The standard InChI is InChI=1S/C28H27N3O4/c1-4-34-28(33)25-18-26(31(30-25)23-13-8-10-19(2)16-23)21-11-9-12-22(17-21)29-27(32)20(3)35-24-14-6-5-7-15-24/h5-18,20H,4H2,1-3H3,(H,29,32). The first-order valence-corrected chi connectivity index (χ1v) is 11.4. The van der Waals surface area contributed by atoms with Gasteiger partial charge in [-0.1, -0.05) is 42.5 Å². The molecule has 35 heavy (non-hydrogen) atoms. The molecule has 4 rings (SSSR count). The average Bonchev–Trinajstić information content (AvgIpc) is 3.31. The summed E-state index contributed by atoms with van der Waals surface area (Å²) in [6.45, 7) is 5.71. The fourth-order valence-electron chi connectivity index (χ4n) is 3.60. The molecule has 1 N–H and O–H groups in total. The van der Waals surface area contributed by atoms with E-state index in [1.807, 2.05) is 67.6 Å². The van der Waals surface area contributed by atoms with Crippen LogP contribution in [0.2, 0.25) is 0 Å². The summed E-state index contributed by atoms with van der Waals surface area (Å²) in [5, 5.41) is 7.42. The predicted octanol–water partition coefficient (Wildman–Crippen LogP) is 5.43. The highest BCUT2D eigenvalue weighted by Gasteiger charge is 2.19. The number of esters is 1. The lowest BCUT2D eigenvalue weighted by Crippen LogP contribution is -2.30. The van der Waals surface area contributed by atoms with Crippen LogP contribution in [0.3, 0.4) is 0 Å². The number of aryl methyl sites for hydroxylation is 1. The Hall–Kier alpha value is -4.39. The smallest absolute Gasteiger partial charge is 0.358 e. The van der Waals surface area contributed by atoms with Crippen molar-refractivity contribution in [1.29, 1.82) is 0 Å². The number of anilines is 1. The second-order valence-corrected chi connectivity index (χ2v) is 8.03. The number of nitrogens with one attached hydrogen (secondary N) is 1. The minimum absolute atomic E-state index is 0.211. The van der Waals surface area contributed by atoms with Crippen molar-refractivity contribution in [3.63, 3.8) is 0 Å². The first kappa shape index (κ1) is 23.8. The number of nitrogens with zero attached hydrogens (tertiary/aromatic N) is 2. The van der Waals surface area contributed by atoms with Gasteiger partial charge >= 0.3 is 5.97 Å². The molecule has 0 saturated heterocycles. The van der Waals surface area contributed by atoms with E-state index in [1.54, 1.807) is 42.8 Å². The minimum Gasteiger partial charge on any atom is -0.481 e. The van der Waals surface area contributed by atoms with E-state index in [0.717, 1.165) is 16.8 Å². The van der Waals surface area contributed by atoms with Crippen molar-refractivity contribution in [2.45, 2.75) is 26.9 Å². The van der Waals surface area contributed by atoms with Crippen LogP contribution in [-0.4, -0.2) is 34.4 Å². The maximum Gasteiger partial charge on any atom is 0.358 e. The molecule has 0 saturated carbocycles. The molecular formula is C28H27N3O4. The summed E-state index contributed by atoms with van der Waals surface area (Å²) in [6, 6.07) is 26.1. The van der Waals surface area contributed by atoms with Crippen LogP contribution in [0.1, 0.15) is 29.9 Å². The van der Waals surface area contributed by atoms with E-state index in [-0.39, 0.29) is 18.2 Å². The fourth-order valence-corrected chi connectivity index (χ4v) is 3.60. The molecule has 4 aromatic rings. The zero-order valence-corrected chi connectivity index (χ0v) is 19.9. The Bertz CT molecular complexity index is 1330. The summed E-state index contributed by atoms with van der Waals surface area (Å²) in [6.07, 6.45) is -0.686. The lowest BCUT2D eigenvalue weighted by molar-refractivity contribution is -0.122. The van der Waals surface area contributed by atoms with Crippen LogP contribution < -0.4 is 10.1 Å². The molecule has 1 aromatic heterocycles. The van der Waals surface area contributed by atoms with Gasteiger partial charge < -0.3 is 14.8 Å². The van der Waals surface area contributed by atoms with E-state index in [9.17, 15) is 9.59 Å². The van der Waals surface area contributed by atoms with Gasteiger partial charge in [0, 0.05) is 11.3 Å². The zero-order valence-electron chi connectivity index (χ0n) is 19.9. The number of amides is 1. The Balaban J connectivity index is 1.62. The van der Waals surface area contributed by atoms with Crippen molar-refractivity contribution < 1.29 is 19.1 Å². The molecule has 1 heterocycles. The molecule has 178 valence electrons. The largest absolute Gasteiger partial charge is 0.481 e. The Morgan fingerprint density at radius 2 is 1.74 bits per heavy atom. The first-order chi connectivity index (χ1) is 16.9. The number of carbonyl (C=O) groups is 2. The van der Waals surface area contributed by atoms with Crippen LogP contribution in [0.25, 0.3) is 16.9 Å². The maximum absolute atomic E-state index is 12.7. The number of hydrogen-bond donors (Lipinski definition) is 1. The molecule has 1 atom stereocenters. The normalized spacial score (nSPS) is 11.5. The van der Waals surface area contributed by atoms with Gasteiger partial charge in [0.25, 0.3) is 5.91 Å². The summed E-state index contributed by atoms with van der Waals surface area (Å²) < 4.78 is 12.6. The quantitative estimate of drug-likeness (QED) is 0.348. The topological polar surface area (TPSA) is 82.5 Å². The summed E-state index contributed by atoms with van der Waals surface area (Å²) in [5.41, 5.74) is 4.17. The SMILES string of the molecule is CCOC(=O)c1cc(-c2cccc(NC(=O)C(C)Oc3ccccc3)c2)n(-c2cccc(C)c2)n1. The van der Waals surface area contributed by atoms with Crippen molar-refractivity contribution in [1.82, 2.24) is 9.78 Å². The van der Waals surface area contributed by atoms with Gasteiger partial charge in [0.15, 0.2) is 11.8 Å². The van der Waals surface area contributed by atoms with Gasteiger partial charge in [-0.15, -0.1) is 0 Å². The van der Waals surface area contributed by atoms with Gasteiger partial charge in [0.2, 0.25) is 0 Å². The summed E-state index contributed by atoms with van der Waals surface area (Å²) in [5.74, 6) is -0.139. The van der Waals surface area contributed by atoms with Gasteiger partial charge in [-0.05, 0) is 68.8 Å². The molecule has 0 aliphatic carbocycles. The van der Waals surface area contributed by atoms with E-state index in [0.29, 0.717) is 17.1 Å². The summed E-state index contributed by atoms with van der Waals surface area (Å²) >= 11 is 0. The third-order valence-electron chi connectivity index (χ3n) is 5.29. The van der Waals surface area contributed by atoms with E-state index in [4.69, 9.17) is 9.47 Å². The number of ether oxygens (including phenoxy) is 2. The van der Waals surface area contributed by atoms with Crippen LogP contribution >= 0.6 is 0 Å². The van der Waals surface area contributed by atoms with E-state index >= 15 is 0 Å². The van der Waals surface area contributed by atoms with E-state index in [1.165, 1.54) is 0 Å². The van der Waals surface area contributed by atoms with Gasteiger partial charge in [-0.25, -0.2) is 9.48 Å². The number of benzene rings is 3. The van der Waals surface area contributed by atoms with Crippen molar-refractivity contribution in [3.05, 3.63) is 96.2 Å². The number of carbonyl (C=O) groups excluding carboxylic acids is 2. The van der Waals surface area contributed by atoms with Gasteiger partial charge in [-0.3, -0.25) is 4.79 Å². The monoisotopic (exact) mass is 469 g/mol. The predicted molar refractivity (Wildman–Crippen MR) is 135 cm³/mol. The van der Waals surface area contributed by atoms with Gasteiger partial charge in [0.1, 0.15) is 5.75 Å². The highest BCUT2D eigenvalue weighted by atomic mass is 16.5. The van der Waals surface area contributed by atoms with E-state index < -0.39 is 12.1 Å². The van der Waals surface area contributed by atoms with Crippen LogP contribution in [0.15, 0.2) is 84.9 Å². The summed E-state index contributed by atoms with van der Waals surface area (Å²) in [4.78, 5) is 25.1. The van der Waals surface area contributed by atoms with Crippen molar-refractivity contribution in [2.75, 3.05) is 11.9 Å². The third kappa shape index (κ3) is 5.76. The lowest BCUT2D eigenvalue weighted by atomic mass is 10.1. The number of hydrogen-bond acceptors (Lipinski definition) is 5. The maximum atomic E-state index is 12.7. The molecule has 0 radical (unpaired) electrons. The Morgan fingerprint density at radius 3 is 2.49 bits per heavy atom. The Morgan fingerprint density at radius 1 is 0.971 bits per heavy atom. The summed E-state index contributed by atoms with van der Waals surface area (Å²) in [7, 11) is 0. The highest BCUT2D eigenvalue weighted by molar-refractivity contribution is 5.95. The van der Waals surface area contributed by atoms with Crippen LogP contribution in [0.4, 0.5) is 5.69 Å². The van der Waals surface area contributed by atoms with Crippen molar-refractivity contribution >= 4 is 17.6 Å². The molecule has 1 unspecified atom stereocenters. The number of aromatic nitrogens is 2. The van der Waals surface area contributed by atoms with E-state index in [2.05, 4.69) is 10.4 Å². The van der Waals surface area contributed by atoms with Crippen LogP contribution in [0, 0.1) is 6.92 Å². The van der Waals surface area contributed by atoms with Gasteiger partial charge in [0.05, 0.1) is 18.0 Å². The molecule has 1 amide bonds. The molecule has 7 heteroatoms.